The number of nitrogen functional groups attached to an aromatic ring is 1. The Balaban J connectivity index is 1.50. The first kappa shape index (κ1) is 18.0. The molecule has 3 aromatic rings. The summed E-state index contributed by atoms with van der Waals surface area (Å²) in [6.45, 7) is 1.73. The second-order valence-electron chi connectivity index (χ2n) is 7.08. The van der Waals surface area contributed by atoms with Crippen LogP contribution < -0.4 is 10.6 Å². The molecule has 0 saturated carbocycles. The van der Waals surface area contributed by atoms with Gasteiger partial charge in [0.05, 0.1) is 16.2 Å². The maximum absolute atomic E-state index is 14.0. The zero-order chi connectivity index (χ0) is 19.0. The van der Waals surface area contributed by atoms with Crippen molar-refractivity contribution in [3.05, 3.63) is 64.8 Å². The first-order valence-electron chi connectivity index (χ1n) is 9.04. The van der Waals surface area contributed by atoms with Gasteiger partial charge in [-0.15, -0.1) is 0 Å². The number of nitrogens with two attached hydrogens (primary N) is 1. The van der Waals surface area contributed by atoms with Crippen molar-refractivity contribution in [3.63, 3.8) is 0 Å². The van der Waals surface area contributed by atoms with Crippen molar-refractivity contribution in [2.75, 3.05) is 23.7 Å². The van der Waals surface area contributed by atoms with Crippen molar-refractivity contribution >= 4 is 33.9 Å². The highest BCUT2D eigenvalue weighted by molar-refractivity contribution is 6.33. The standard InChI is InChI=1S/C21H20ClF2N3/c22-17-12-15(25)3-4-19(17)27-8-5-13(6-9-27)10-14-11-18(23)20(24)16-2-1-7-26-21(14)16/h1-4,7,11-13H,5-6,8-10,25H2. The van der Waals surface area contributed by atoms with Gasteiger partial charge in [0, 0.05) is 30.4 Å². The van der Waals surface area contributed by atoms with E-state index in [0.29, 0.717) is 28.6 Å². The molecule has 0 aliphatic carbocycles. The SMILES string of the molecule is Nc1ccc(N2CCC(Cc3cc(F)c(F)c4cccnc34)CC2)c(Cl)c1. The average molecular weight is 388 g/mol. The van der Waals surface area contributed by atoms with Gasteiger partial charge in [-0.3, -0.25) is 4.98 Å². The molecule has 2 N–H and O–H groups in total. The first-order chi connectivity index (χ1) is 13.0. The van der Waals surface area contributed by atoms with Crippen molar-refractivity contribution in [3.8, 4) is 0 Å². The van der Waals surface area contributed by atoms with E-state index in [9.17, 15) is 8.78 Å². The number of rotatable bonds is 3. The average Bonchev–Trinajstić information content (AvgIpc) is 2.67. The van der Waals surface area contributed by atoms with Crippen molar-refractivity contribution in [2.45, 2.75) is 19.3 Å². The van der Waals surface area contributed by atoms with Crippen LogP contribution in [-0.4, -0.2) is 18.1 Å². The molecule has 2 heterocycles. The van der Waals surface area contributed by atoms with Gasteiger partial charge in [-0.1, -0.05) is 11.6 Å². The van der Waals surface area contributed by atoms with E-state index in [1.807, 2.05) is 12.1 Å². The molecule has 1 aliphatic rings. The fraction of sp³-hybridized carbons (Fsp3) is 0.286. The summed E-state index contributed by atoms with van der Waals surface area (Å²) in [5, 5.41) is 0.905. The Hall–Kier alpha value is -2.40. The first-order valence-corrected chi connectivity index (χ1v) is 9.42. The lowest BCUT2D eigenvalue weighted by Gasteiger charge is -2.34. The Morgan fingerprint density at radius 1 is 1.15 bits per heavy atom. The topological polar surface area (TPSA) is 42.1 Å². The van der Waals surface area contributed by atoms with Gasteiger partial charge in [-0.2, -0.15) is 0 Å². The third-order valence-electron chi connectivity index (χ3n) is 5.29. The third-order valence-corrected chi connectivity index (χ3v) is 5.60. The van der Waals surface area contributed by atoms with Crippen LogP contribution in [0, 0.1) is 17.6 Å². The van der Waals surface area contributed by atoms with Gasteiger partial charge in [-0.05, 0) is 67.1 Å². The van der Waals surface area contributed by atoms with E-state index in [0.717, 1.165) is 37.2 Å². The number of benzene rings is 2. The summed E-state index contributed by atoms with van der Waals surface area (Å²) >= 11 is 6.32. The Morgan fingerprint density at radius 3 is 2.67 bits per heavy atom. The molecule has 2 aromatic carbocycles. The van der Waals surface area contributed by atoms with Crippen LogP contribution in [0.1, 0.15) is 18.4 Å². The molecule has 1 fully saturated rings. The molecule has 140 valence electrons. The van der Waals surface area contributed by atoms with Crippen LogP contribution in [0.5, 0.6) is 0 Å². The zero-order valence-corrected chi connectivity index (χ0v) is 15.5. The smallest absolute Gasteiger partial charge is 0.168 e. The molecule has 27 heavy (non-hydrogen) atoms. The quantitative estimate of drug-likeness (QED) is 0.627. The second-order valence-corrected chi connectivity index (χ2v) is 7.48. The number of fused-ring (bicyclic) bond motifs is 1. The Morgan fingerprint density at radius 2 is 1.93 bits per heavy atom. The number of hydrogen-bond donors (Lipinski definition) is 1. The second kappa shape index (κ2) is 7.31. The summed E-state index contributed by atoms with van der Waals surface area (Å²) in [6.07, 6.45) is 4.21. The molecule has 3 nitrogen and oxygen atoms in total. The fourth-order valence-corrected chi connectivity index (χ4v) is 4.18. The van der Waals surface area contributed by atoms with E-state index in [1.54, 1.807) is 24.4 Å². The van der Waals surface area contributed by atoms with Crippen LogP contribution in [0.3, 0.4) is 0 Å². The number of pyridine rings is 1. The lowest BCUT2D eigenvalue weighted by Crippen LogP contribution is -2.34. The summed E-state index contributed by atoms with van der Waals surface area (Å²) < 4.78 is 28.0. The van der Waals surface area contributed by atoms with Gasteiger partial charge in [0.25, 0.3) is 0 Å². The molecule has 1 saturated heterocycles. The fourth-order valence-electron chi connectivity index (χ4n) is 3.88. The lowest BCUT2D eigenvalue weighted by atomic mass is 9.89. The van der Waals surface area contributed by atoms with E-state index in [4.69, 9.17) is 17.3 Å². The molecule has 0 amide bonds. The van der Waals surface area contributed by atoms with Gasteiger partial charge < -0.3 is 10.6 Å². The summed E-state index contributed by atoms with van der Waals surface area (Å²) in [5.74, 6) is -1.24. The number of piperidine rings is 1. The number of halogens is 3. The highest BCUT2D eigenvalue weighted by atomic mass is 35.5. The van der Waals surface area contributed by atoms with Gasteiger partial charge in [0.2, 0.25) is 0 Å². The molecule has 0 unspecified atom stereocenters. The van der Waals surface area contributed by atoms with Crippen LogP contribution in [-0.2, 0) is 6.42 Å². The molecule has 4 rings (SSSR count). The molecule has 0 spiro atoms. The lowest BCUT2D eigenvalue weighted by molar-refractivity contribution is 0.403. The highest BCUT2D eigenvalue weighted by Crippen LogP contribution is 2.33. The van der Waals surface area contributed by atoms with Crippen LogP contribution in [0.15, 0.2) is 42.6 Å². The van der Waals surface area contributed by atoms with E-state index < -0.39 is 11.6 Å². The van der Waals surface area contributed by atoms with Crippen LogP contribution >= 0.6 is 11.6 Å². The zero-order valence-electron chi connectivity index (χ0n) is 14.8. The molecule has 0 bridgehead atoms. The monoisotopic (exact) mass is 387 g/mol. The van der Waals surface area contributed by atoms with E-state index in [-0.39, 0.29) is 5.39 Å². The molecule has 6 heteroatoms. The molecule has 1 aromatic heterocycles. The van der Waals surface area contributed by atoms with E-state index in [1.165, 1.54) is 6.07 Å². The minimum atomic E-state index is -0.824. The molecular weight excluding hydrogens is 368 g/mol. The molecule has 1 aliphatic heterocycles. The normalized spacial score (nSPS) is 15.4. The third kappa shape index (κ3) is 3.56. The van der Waals surface area contributed by atoms with Crippen LogP contribution in [0.25, 0.3) is 10.9 Å². The highest BCUT2D eigenvalue weighted by Gasteiger charge is 2.23. The van der Waals surface area contributed by atoms with Crippen molar-refractivity contribution < 1.29 is 8.78 Å². The van der Waals surface area contributed by atoms with Crippen molar-refractivity contribution in [1.82, 2.24) is 4.98 Å². The van der Waals surface area contributed by atoms with Gasteiger partial charge in [0.15, 0.2) is 11.6 Å². The van der Waals surface area contributed by atoms with E-state index in [2.05, 4.69) is 9.88 Å². The summed E-state index contributed by atoms with van der Waals surface area (Å²) in [4.78, 5) is 6.53. The largest absolute Gasteiger partial charge is 0.399 e. The maximum atomic E-state index is 14.0. The van der Waals surface area contributed by atoms with Gasteiger partial charge in [-0.25, -0.2) is 8.78 Å². The van der Waals surface area contributed by atoms with E-state index >= 15 is 0 Å². The van der Waals surface area contributed by atoms with Crippen molar-refractivity contribution in [2.24, 2.45) is 5.92 Å². The Labute approximate surface area is 161 Å². The van der Waals surface area contributed by atoms with Crippen LogP contribution in [0.4, 0.5) is 20.2 Å². The van der Waals surface area contributed by atoms with Gasteiger partial charge >= 0.3 is 0 Å². The number of anilines is 2. The maximum Gasteiger partial charge on any atom is 0.168 e. The summed E-state index contributed by atoms with van der Waals surface area (Å²) in [5.41, 5.74) is 8.73. The number of hydrogen-bond acceptors (Lipinski definition) is 3. The van der Waals surface area contributed by atoms with Crippen LogP contribution in [0.2, 0.25) is 5.02 Å². The van der Waals surface area contributed by atoms with Gasteiger partial charge in [0.1, 0.15) is 0 Å². The predicted octanol–water partition coefficient (Wildman–Crippen LogP) is 5.21. The number of aromatic nitrogens is 1. The number of nitrogens with zero attached hydrogens (tertiary/aromatic N) is 2. The summed E-state index contributed by atoms with van der Waals surface area (Å²) in [6, 6.07) is 10.1. The summed E-state index contributed by atoms with van der Waals surface area (Å²) in [7, 11) is 0. The molecular formula is C21H20ClF2N3. The van der Waals surface area contributed by atoms with Crippen molar-refractivity contribution in [1.29, 1.82) is 0 Å². The minimum absolute atomic E-state index is 0.249. The molecule has 0 radical (unpaired) electrons. The predicted molar refractivity (Wildman–Crippen MR) is 106 cm³/mol. The Bertz CT molecular complexity index is 985. The minimum Gasteiger partial charge on any atom is -0.399 e. The Kier molecular flexibility index (Phi) is 4.87. The molecule has 0 atom stereocenters.